The van der Waals surface area contributed by atoms with E-state index < -0.39 is 5.97 Å². The van der Waals surface area contributed by atoms with Crippen LogP contribution in [0, 0.1) is 12.8 Å². The highest BCUT2D eigenvalue weighted by Gasteiger charge is 2.10. The van der Waals surface area contributed by atoms with Gasteiger partial charge in [0.1, 0.15) is 0 Å². The Kier molecular flexibility index (Phi) is 3.74. The summed E-state index contributed by atoms with van der Waals surface area (Å²) in [6, 6.07) is 8.76. The van der Waals surface area contributed by atoms with Crippen molar-refractivity contribution in [2.75, 3.05) is 5.32 Å². The average Bonchev–Trinajstić information content (AvgIpc) is 2.38. The molecule has 0 unspecified atom stereocenters. The minimum atomic E-state index is -0.938. The van der Waals surface area contributed by atoms with Crippen LogP contribution in [0.15, 0.2) is 30.3 Å². The first-order valence-corrected chi connectivity index (χ1v) is 6.47. The zero-order valence-electron chi connectivity index (χ0n) is 11.7. The van der Waals surface area contributed by atoms with E-state index in [9.17, 15) is 9.59 Å². The molecule has 1 amide bonds. The maximum Gasteiger partial charge on any atom is 0.335 e. The average molecular weight is 271 g/mol. The zero-order valence-corrected chi connectivity index (χ0v) is 11.7. The molecule has 2 rings (SSSR count). The van der Waals surface area contributed by atoms with Gasteiger partial charge in [0.05, 0.1) is 5.56 Å². The number of rotatable bonds is 3. The van der Waals surface area contributed by atoms with Gasteiger partial charge in [-0.1, -0.05) is 19.9 Å². The van der Waals surface area contributed by atoms with E-state index >= 15 is 0 Å². The summed E-state index contributed by atoms with van der Waals surface area (Å²) in [5.41, 5.74) is 1.87. The molecule has 2 aromatic carbocycles. The summed E-state index contributed by atoms with van der Waals surface area (Å²) in [5.74, 6) is -1.06. The molecule has 0 bridgehead atoms. The molecule has 0 saturated carbocycles. The van der Waals surface area contributed by atoms with Gasteiger partial charge in [-0.25, -0.2) is 4.79 Å². The first-order valence-electron chi connectivity index (χ1n) is 6.47. The second-order valence-electron chi connectivity index (χ2n) is 5.18. The largest absolute Gasteiger partial charge is 0.478 e. The van der Waals surface area contributed by atoms with Gasteiger partial charge in [0.2, 0.25) is 5.91 Å². The number of fused-ring (bicyclic) bond motifs is 1. The van der Waals surface area contributed by atoms with E-state index in [1.54, 1.807) is 18.2 Å². The van der Waals surface area contributed by atoms with Crippen LogP contribution in [-0.2, 0) is 4.79 Å². The molecular weight excluding hydrogens is 254 g/mol. The van der Waals surface area contributed by atoms with Crippen molar-refractivity contribution in [1.29, 1.82) is 0 Å². The van der Waals surface area contributed by atoms with E-state index in [4.69, 9.17) is 5.11 Å². The number of carbonyl (C=O) groups excluding carboxylic acids is 1. The lowest BCUT2D eigenvalue weighted by Crippen LogP contribution is -2.17. The van der Waals surface area contributed by atoms with Gasteiger partial charge in [-0.3, -0.25) is 4.79 Å². The van der Waals surface area contributed by atoms with Crippen LogP contribution in [0.5, 0.6) is 0 Å². The lowest BCUT2D eigenvalue weighted by Gasteiger charge is -2.10. The van der Waals surface area contributed by atoms with Gasteiger partial charge >= 0.3 is 5.97 Å². The first-order chi connectivity index (χ1) is 9.38. The van der Waals surface area contributed by atoms with E-state index in [0.717, 1.165) is 22.0 Å². The summed E-state index contributed by atoms with van der Waals surface area (Å²) < 4.78 is 0. The van der Waals surface area contributed by atoms with Gasteiger partial charge in [-0.15, -0.1) is 0 Å². The fourth-order valence-electron chi connectivity index (χ4n) is 2.03. The van der Waals surface area contributed by atoms with E-state index in [1.165, 1.54) is 0 Å². The molecule has 2 N–H and O–H groups in total. The second-order valence-corrected chi connectivity index (χ2v) is 5.18. The second kappa shape index (κ2) is 5.33. The van der Waals surface area contributed by atoms with Crippen molar-refractivity contribution < 1.29 is 14.7 Å². The van der Waals surface area contributed by atoms with E-state index in [1.807, 2.05) is 32.9 Å². The number of amides is 1. The molecule has 2 aromatic rings. The lowest BCUT2D eigenvalue weighted by molar-refractivity contribution is -0.118. The molecule has 0 aliphatic rings. The SMILES string of the molecule is Cc1cc(C(=O)O)cc2ccc(NC(=O)C(C)C)cc12. The molecule has 4 nitrogen and oxygen atoms in total. The van der Waals surface area contributed by atoms with Gasteiger partial charge in [-0.05, 0) is 47.5 Å². The number of carboxylic acids is 1. The molecule has 0 heterocycles. The third-order valence-electron chi connectivity index (χ3n) is 3.20. The van der Waals surface area contributed by atoms with Crippen LogP contribution >= 0.6 is 0 Å². The normalized spacial score (nSPS) is 10.8. The molecule has 0 radical (unpaired) electrons. The van der Waals surface area contributed by atoms with Gasteiger partial charge in [0.25, 0.3) is 0 Å². The smallest absolute Gasteiger partial charge is 0.335 e. The highest BCUT2D eigenvalue weighted by atomic mass is 16.4. The van der Waals surface area contributed by atoms with Gasteiger partial charge < -0.3 is 10.4 Å². The quantitative estimate of drug-likeness (QED) is 0.898. The molecule has 0 aliphatic heterocycles. The number of aryl methyl sites for hydroxylation is 1. The fraction of sp³-hybridized carbons (Fsp3) is 0.250. The number of hydrogen-bond donors (Lipinski definition) is 2. The topological polar surface area (TPSA) is 66.4 Å². The monoisotopic (exact) mass is 271 g/mol. The van der Waals surface area contributed by atoms with Gasteiger partial charge in [-0.2, -0.15) is 0 Å². The molecule has 0 fully saturated rings. The number of nitrogens with one attached hydrogen (secondary N) is 1. The minimum Gasteiger partial charge on any atom is -0.478 e. The van der Waals surface area contributed by atoms with Crippen molar-refractivity contribution in [3.8, 4) is 0 Å². The van der Waals surface area contributed by atoms with Crippen molar-refractivity contribution in [1.82, 2.24) is 0 Å². The highest BCUT2D eigenvalue weighted by molar-refractivity contribution is 5.99. The Morgan fingerprint density at radius 2 is 1.85 bits per heavy atom. The standard InChI is InChI=1S/C16H17NO3/c1-9(2)15(18)17-13-5-4-11-7-12(16(19)20)6-10(3)14(11)8-13/h4-9H,1-3H3,(H,17,18)(H,19,20). The van der Waals surface area contributed by atoms with E-state index in [-0.39, 0.29) is 17.4 Å². The summed E-state index contributed by atoms with van der Waals surface area (Å²) in [6.07, 6.45) is 0. The van der Waals surface area contributed by atoms with Crippen molar-refractivity contribution in [2.24, 2.45) is 5.92 Å². The van der Waals surface area contributed by atoms with Crippen molar-refractivity contribution in [3.05, 3.63) is 41.5 Å². The van der Waals surface area contributed by atoms with E-state index in [2.05, 4.69) is 5.32 Å². The predicted octanol–water partition coefficient (Wildman–Crippen LogP) is 3.44. The van der Waals surface area contributed by atoms with Crippen LogP contribution in [0.2, 0.25) is 0 Å². The van der Waals surface area contributed by atoms with Crippen LogP contribution in [0.1, 0.15) is 29.8 Å². The maximum absolute atomic E-state index is 11.7. The summed E-state index contributed by atoms with van der Waals surface area (Å²) in [5, 5.41) is 13.7. The zero-order chi connectivity index (χ0) is 14.9. The van der Waals surface area contributed by atoms with Crippen molar-refractivity contribution in [3.63, 3.8) is 0 Å². The Morgan fingerprint density at radius 1 is 1.15 bits per heavy atom. The number of anilines is 1. The summed E-state index contributed by atoms with van der Waals surface area (Å²) in [6.45, 7) is 5.53. The van der Waals surface area contributed by atoms with Gasteiger partial charge in [0, 0.05) is 11.6 Å². The third-order valence-corrected chi connectivity index (χ3v) is 3.20. The molecule has 0 spiro atoms. The fourth-order valence-corrected chi connectivity index (χ4v) is 2.03. The van der Waals surface area contributed by atoms with Crippen LogP contribution in [0.3, 0.4) is 0 Å². The molecule has 0 aromatic heterocycles. The maximum atomic E-state index is 11.7. The van der Waals surface area contributed by atoms with Crippen LogP contribution in [0.25, 0.3) is 10.8 Å². The number of carbonyl (C=O) groups is 2. The molecule has 0 atom stereocenters. The Bertz CT molecular complexity index is 689. The van der Waals surface area contributed by atoms with Crippen molar-refractivity contribution in [2.45, 2.75) is 20.8 Å². The summed E-state index contributed by atoms with van der Waals surface area (Å²) in [4.78, 5) is 22.7. The van der Waals surface area contributed by atoms with Gasteiger partial charge in [0.15, 0.2) is 0 Å². The number of aromatic carboxylic acids is 1. The molecule has 0 saturated heterocycles. The van der Waals surface area contributed by atoms with Crippen molar-refractivity contribution >= 4 is 28.3 Å². The lowest BCUT2D eigenvalue weighted by atomic mass is 10.0. The molecule has 20 heavy (non-hydrogen) atoms. The van der Waals surface area contributed by atoms with Crippen LogP contribution < -0.4 is 5.32 Å². The van der Waals surface area contributed by atoms with Crippen LogP contribution in [-0.4, -0.2) is 17.0 Å². The van der Waals surface area contributed by atoms with E-state index in [0.29, 0.717) is 0 Å². The minimum absolute atomic E-state index is 0.0378. The Hall–Kier alpha value is -2.36. The third kappa shape index (κ3) is 2.79. The Balaban J connectivity index is 2.45. The first kappa shape index (κ1) is 14.1. The molecule has 4 heteroatoms. The molecule has 0 aliphatic carbocycles. The Labute approximate surface area is 117 Å². The molecular formula is C16H17NO3. The Morgan fingerprint density at radius 3 is 2.45 bits per heavy atom. The summed E-state index contributed by atoms with van der Waals surface area (Å²) in [7, 11) is 0. The number of carboxylic acid groups (broad SMARTS) is 1. The van der Waals surface area contributed by atoms with Crippen LogP contribution in [0.4, 0.5) is 5.69 Å². The number of hydrogen-bond acceptors (Lipinski definition) is 2. The summed E-state index contributed by atoms with van der Waals surface area (Å²) >= 11 is 0. The highest BCUT2D eigenvalue weighted by Crippen LogP contribution is 2.24. The number of benzene rings is 2. The predicted molar refractivity (Wildman–Crippen MR) is 79.1 cm³/mol. The molecule has 104 valence electrons.